The zero-order valence-electron chi connectivity index (χ0n) is 13.1. The number of hydrogen-bond acceptors (Lipinski definition) is 9. The van der Waals surface area contributed by atoms with Crippen LogP contribution in [-0.4, -0.2) is 38.9 Å². The molecule has 7 nitrogen and oxygen atoms in total. The number of aromatic nitrogens is 3. The van der Waals surface area contributed by atoms with E-state index >= 15 is 0 Å². The molecule has 2 aromatic heterocycles. The Hall–Kier alpha value is -2.01. The van der Waals surface area contributed by atoms with Crippen molar-refractivity contribution in [3.05, 3.63) is 40.8 Å². The molecule has 0 aliphatic rings. The molecule has 1 amide bonds. The molecule has 0 bridgehead atoms. The van der Waals surface area contributed by atoms with Gasteiger partial charge in [0, 0.05) is 22.0 Å². The maximum atomic E-state index is 12.5. The Balaban J connectivity index is 1.86. The molecule has 1 aromatic carbocycles. The fraction of sp³-hybridized carbons (Fsp3) is 0.200. The molecule has 0 saturated heterocycles. The summed E-state index contributed by atoms with van der Waals surface area (Å²) in [5, 5.41) is 22.1. The highest BCUT2D eigenvalue weighted by Crippen LogP contribution is 2.32. The summed E-state index contributed by atoms with van der Waals surface area (Å²) in [7, 11) is 0. The summed E-state index contributed by atoms with van der Waals surface area (Å²) in [6, 6.07) is 5.20. The zero-order chi connectivity index (χ0) is 17.6. The number of carbonyl (C=O) groups is 1. The fourth-order valence-corrected chi connectivity index (χ4v) is 3.93. The van der Waals surface area contributed by atoms with E-state index in [1.807, 2.05) is 0 Å². The number of nitrogens with zero attached hydrogens (tertiary/aromatic N) is 3. The number of carbonyl (C=O) groups excluding carboxylic acids is 1. The van der Waals surface area contributed by atoms with Gasteiger partial charge in [-0.05, 0) is 25.1 Å². The monoisotopic (exact) mass is 394 g/mol. The van der Waals surface area contributed by atoms with Crippen LogP contribution >= 0.6 is 34.4 Å². The normalized spacial score (nSPS) is 11.9. The number of aliphatic hydroxyl groups is 1. The van der Waals surface area contributed by atoms with E-state index in [2.05, 4.69) is 20.5 Å². The first kappa shape index (κ1) is 17.8. The number of amides is 1. The van der Waals surface area contributed by atoms with E-state index in [9.17, 15) is 9.90 Å². The zero-order valence-corrected chi connectivity index (χ0v) is 15.5. The molecule has 10 heteroatoms. The van der Waals surface area contributed by atoms with Gasteiger partial charge in [0.2, 0.25) is 0 Å². The van der Waals surface area contributed by atoms with E-state index in [4.69, 9.17) is 4.74 Å². The summed E-state index contributed by atoms with van der Waals surface area (Å²) in [6.45, 7) is 1.63. The molecule has 1 unspecified atom stereocenters. The smallest absolute Gasteiger partial charge is 0.257 e. The average molecular weight is 395 g/mol. The van der Waals surface area contributed by atoms with Gasteiger partial charge in [-0.25, -0.2) is 4.98 Å². The lowest BCUT2D eigenvalue weighted by Gasteiger charge is -2.14. The maximum absolute atomic E-state index is 12.5. The number of hydrogen-bond donors (Lipinski definition) is 2. The molecule has 130 valence electrons. The summed E-state index contributed by atoms with van der Waals surface area (Å²) in [5.41, 5.74) is 2.08. The summed E-state index contributed by atoms with van der Waals surface area (Å²) < 4.78 is 6.42. The quantitative estimate of drug-likeness (QED) is 0.635. The fourth-order valence-electron chi connectivity index (χ4n) is 1.86. The number of benzene rings is 1. The van der Waals surface area contributed by atoms with Gasteiger partial charge in [-0.1, -0.05) is 23.1 Å². The van der Waals surface area contributed by atoms with E-state index in [0.29, 0.717) is 16.4 Å². The van der Waals surface area contributed by atoms with E-state index in [1.54, 1.807) is 42.2 Å². The van der Waals surface area contributed by atoms with Crippen molar-refractivity contribution in [3.63, 3.8) is 0 Å². The highest BCUT2D eigenvalue weighted by molar-refractivity contribution is 8.01. The first-order chi connectivity index (χ1) is 12.1. The third-order valence-corrected chi connectivity index (χ3v) is 5.37. The van der Waals surface area contributed by atoms with Gasteiger partial charge < -0.3 is 9.84 Å². The van der Waals surface area contributed by atoms with Gasteiger partial charge in [-0.3, -0.25) is 10.1 Å². The molecular weight excluding hydrogens is 380 g/mol. The topological polar surface area (TPSA) is 97.2 Å². The lowest BCUT2D eigenvalue weighted by Crippen LogP contribution is -2.17. The van der Waals surface area contributed by atoms with Crippen LogP contribution in [0.1, 0.15) is 17.3 Å². The Morgan fingerprint density at radius 3 is 2.96 bits per heavy atom. The highest BCUT2D eigenvalue weighted by Gasteiger charge is 2.14. The van der Waals surface area contributed by atoms with Crippen LogP contribution in [-0.2, 0) is 0 Å². The van der Waals surface area contributed by atoms with Crippen molar-refractivity contribution >= 4 is 45.5 Å². The van der Waals surface area contributed by atoms with Crippen molar-refractivity contribution in [2.24, 2.45) is 0 Å². The minimum Gasteiger partial charge on any atom is -0.488 e. The minimum atomic E-state index is -0.378. The molecule has 0 spiro atoms. The van der Waals surface area contributed by atoms with E-state index in [-0.39, 0.29) is 18.6 Å². The SMILES string of the molecule is CC(CO)Oc1cc(Sc2nncs2)cc(C(=O)Nc2nccs2)c1. The first-order valence-corrected chi connectivity index (χ1v) is 9.79. The predicted octanol–water partition coefficient (Wildman–Crippen LogP) is 3.16. The van der Waals surface area contributed by atoms with Crippen molar-refractivity contribution in [3.8, 4) is 5.75 Å². The van der Waals surface area contributed by atoms with Crippen molar-refractivity contribution in [2.45, 2.75) is 22.3 Å². The second kappa shape index (κ2) is 8.39. The van der Waals surface area contributed by atoms with Gasteiger partial charge in [0.25, 0.3) is 5.91 Å². The molecule has 0 fully saturated rings. The molecule has 2 heterocycles. The van der Waals surface area contributed by atoms with E-state index in [0.717, 1.165) is 9.24 Å². The van der Waals surface area contributed by atoms with Crippen molar-refractivity contribution in [2.75, 3.05) is 11.9 Å². The average Bonchev–Trinajstić information content (AvgIpc) is 3.28. The van der Waals surface area contributed by atoms with Gasteiger partial charge in [0.15, 0.2) is 9.47 Å². The number of rotatable bonds is 7. The Bertz CT molecular complexity index is 825. The van der Waals surface area contributed by atoms with Gasteiger partial charge in [-0.2, -0.15) is 0 Å². The summed E-state index contributed by atoms with van der Waals surface area (Å²) in [5.74, 6) is 0.219. The largest absolute Gasteiger partial charge is 0.488 e. The molecule has 1 atom stereocenters. The Morgan fingerprint density at radius 1 is 1.40 bits per heavy atom. The molecule has 0 radical (unpaired) electrons. The standard InChI is InChI=1S/C15H14N4O3S3/c1-9(7-20)22-11-4-10(13(21)18-14-16-2-3-23-14)5-12(6-11)25-15-19-17-8-24-15/h2-6,8-9,20H,7H2,1H3,(H,16,18,21). The lowest BCUT2D eigenvalue weighted by molar-refractivity contribution is 0.102. The number of anilines is 1. The van der Waals surface area contributed by atoms with E-state index in [1.165, 1.54) is 34.4 Å². The third-order valence-electron chi connectivity index (χ3n) is 2.93. The summed E-state index contributed by atoms with van der Waals surface area (Å²) in [4.78, 5) is 17.3. The van der Waals surface area contributed by atoms with Gasteiger partial charge in [0.05, 0.1) is 6.61 Å². The molecule has 0 saturated carbocycles. The third kappa shape index (κ3) is 4.98. The Morgan fingerprint density at radius 2 is 2.28 bits per heavy atom. The molecule has 0 aliphatic heterocycles. The van der Waals surface area contributed by atoms with Crippen molar-refractivity contribution in [1.29, 1.82) is 0 Å². The van der Waals surface area contributed by atoms with Crippen LogP contribution in [0.4, 0.5) is 5.13 Å². The Kier molecular flexibility index (Phi) is 5.97. The van der Waals surface area contributed by atoms with Gasteiger partial charge >= 0.3 is 0 Å². The molecule has 3 rings (SSSR count). The predicted molar refractivity (Wildman–Crippen MR) is 97.7 cm³/mol. The van der Waals surface area contributed by atoms with Gasteiger partial charge in [0.1, 0.15) is 17.4 Å². The summed E-state index contributed by atoms with van der Waals surface area (Å²) in [6.07, 6.45) is 1.25. The second-order valence-electron chi connectivity index (χ2n) is 4.90. The van der Waals surface area contributed by atoms with Crippen LogP contribution in [0.2, 0.25) is 0 Å². The molecule has 2 N–H and O–H groups in total. The molecule has 3 aromatic rings. The van der Waals surface area contributed by atoms with Crippen LogP contribution in [0.3, 0.4) is 0 Å². The second-order valence-corrected chi connectivity index (χ2v) is 7.95. The van der Waals surface area contributed by atoms with Crippen LogP contribution in [0.25, 0.3) is 0 Å². The van der Waals surface area contributed by atoms with Crippen molar-refractivity contribution < 1.29 is 14.6 Å². The molecular formula is C15H14N4O3S3. The highest BCUT2D eigenvalue weighted by atomic mass is 32.2. The number of nitrogens with one attached hydrogen (secondary N) is 1. The molecule has 25 heavy (non-hydrogen) atoms. The van der Waals surface area contributed by atoms with Crippen LogP contribution in [0.15, 0.2) is 44.5 Å². The maximum Gasteiger partial charge on any atom is 0.257 e. The van der Waals surface area contributed by atoms with E-state index < -0.39 is 0 Å². The molecule has 0 aliphatic carbocycles. The van der Waals surface area contributed by atoms with Gasteiger partial charge in [-0.15, -0.1) is 21.5 Å². The van der Waals surface area contributed by atoms with Crippen molar-refractivity contribution in [1.82, 2.24) is 15.2 Å². The van der Waals surface area contributed by atoms with Crippen LogP contribution in [0.5, 0.6) is 5.75 Å². The minimum absolute atomic E-state index is 0.117. The van der Waals surface area contributed by atoms with Crippen LogP contribution in [0, 0.1) is 0 Å². The number of ether oxygens (including phenoxy) is 1. The summed E-state index contributed by atoms with van der Waals surface area (Å²) >= 11 is 4.15. The number of aliphatic hydroxyl groups excluding tert-OH is 1. The Labute approximate surface area is 156 Å². The first-order valence-electron chi connectivity index (χ1n) is 7.21. The lowest BCUT2D eigenvalue weighted by atomic mass is 10.2. The number of thiazole rings is 1. The van der Waals surface area contributed by atoms with Crippen LogP contribution < -0.4 is 10.1 Å².